The van der Waals surface area contributed by atoms with Gasteiger partial charge in [0, 0.05) is 23.5 Å². The van der Waals surface area contributed by atoms with Crippen molar-refractivity contribution in [3.8, 4) is 0 Å². The number of carbonyl (C=O) groups excluding carboxylic acids is 2. The average Bonchev–Trinajstić information content (AvgIpc) is 3.34. The van der Waals surface area contributed by atoms with Crippen LogP contribution in [0.5, 0.6) is 0 Å². The maximum atomic E-state index is 12.5. The molecule has 2 heterocycles. The van der Waals surface area contributed by atoms with E-state index in [1.54, 1.807) is 0 Å². The van der Waals surface area contributed by atoms with E-state index in [1.807, 2.05) is 17.5 Å². The maximum Gasteiger partial charge on any atom is 0.311 e. The zero-order valence-corrected chi connectivity index (χ0v) is 15.7. The normalized spacial score (nSPS) is 15.1. The third-order valence-electron chi connectivity index (χ3n) is 4.14. The Kier molecular flexibility index (Phi) is 5.85. The van der Waals surface area contributed by atoms with E-state index in [4.69, 9.17) is 4.74 Å². The van der Waals surface area contributed by atoms with Crippen molar-refractivity contribution in [2.24, 2.45) is 0 Å². The number of carbonyl (C=O) groups is 2. The van der Waals surface area contributed by atoms with Crippen molar-refractivity contribution in [3.63, 3.8) is 0 Å². The summed E-state index contributed by atoms with van der Waals surface area (Å²) in [5.74, 6) is -0.830. The van der Waals surface area contributed by atoms with Crippen molar-refractivity contribution >= 4 is 33.1 Å². The minimum atomic E-state index is -3.50. The fraction of sp³-hybridized carbons (Fsp3) is 0.333. The summed E-state index contributed by atoms with van der Waals surface area (Å²) in [6.07, 6.45) is 1.87. The van der Waals surface area contributed by atoms with Gasteiger partial charge < -0.3 is 4.74 Å². The van der Waals surface area contributed by atoms with E-state index in [1.165, 1.54) is 39.9 Å². The Hall–Kier alpha value is -2.03. The summed E-state index contributed by atoms with van der Waals surface area (Å²) in [5.41, 5.74) is 0.314. The Morgan fingerprint density at radius 2 is 1.77 bits per heavy atom. The number of sulfonamides is 1. The Bertz CT molecular complexity index is 867. The molecule has 1 saturated heterocycles. The van der Waals surface area contributed by atoms with Crippen LogP contribution in [0.3, 0.4) is 0 Å². The molecule has 0 saturated carbocycles. The third kappa shape index (κ3) is 4.38. The first kappa shape index (κ1) is 18.8. The van der Waals surface area contributed by atoms with E-state index in [9.17, 15) is 18.0 Å². The Morgan fingerprint density at radius 3 is 2.38 bits per heavy atom. The smallest absolute Gasteiger partial charge is 0.311 e. The second-order valence-corrected chi connectivity index (χ2v) is 8.95. The summed E-state index contributed by atoms with van der Waals surface area (Å²) >= 11 is 1.45. The summed E-state index contributed by atoms with van der Waals surface area (Å²) in [6, 6.07) is 9.43. The molecule has 0 N–H and O–H groups in total. The van der Waals surface area contributed by atoms with Gasteiger partial charge in [0.2, 0.25) is 10.0 Å². The van der Waals surface area contributed by atoms with Gasteiger partial charge in [-0.05, 0) is 48.6 Å². The van der Waals surface area contributed by atoms with Crippen LogP contribution in [0.1, 0.15) is 28.1 Å². The molecule has 0 amide bonds. The van der Waals surface area contributed by atoms with Gasteiger partial charge in [-0.15, -0.1) is 11.3 Å². The summed E-state index contributed by atoms with van der Waals surface area (Å²) in [7, 11) is -3.50. The molecule has 0 unspecified atom stereocenters. The lowest BCUT2D eigenvalue weighted by atomic mass is 10.1. The highest BCUT2D eigenvalue weighted by Crippen LogP contribution is 2.21. The molecule has 26 heavy (non-hydrogen) atoms. The molecule has 1 aromatic carbocycles. The first-order chi connectivity index (χ1) is 12.5. The third-order valence-corrected chi connectivity index (χ3v) is 6.93. The highest BCUT2D eigenvalue weighted by molar-refractivity contribution is 7.89. The van der Waals surface area contributed by atoms with E-state index >= 15 is 0 Å². The zero-order valence-electron chi connectivity index (χ0n) is 14.1. The summed E-state index contributed by atoms with van der Waals surface area (Å²) in [5, 5.41) is 1.87. The summed E-state index contributed by atoms with van der Waals surface area (Å²) in [6.45, 7) is 0.703. The lowest BCUT2D eigenvalue weighted by molar-refractivity contribution is -0.141. The van der Waals surface area contributed by atoms with Crippen LogP contribution in [0.25, 0.3) is 0 Å². The molecule has 0 aliphatic carbocycles. The number of nitrogens with zero attached hydrogens (tertiary/aromatic N) is 1. The molecule has 138 valence electrons. The molecule has 2 aromatic rings. The van der Waals surface area contributed by atoms with E-state index in [0.29, 0.717) is 18.7 Å². The summed E-state index contributed by atoms with van der Waals surface area (Å²) < 4.78 is 31.4. The Balaban J connectivity index is 1.57. The largest absolute Gasteiger partial charge is 0.457 e. The topological polar surface area (TPSA) is 80.8 Å². The van der Waals surface area contributed by atoms with Gasteiger partial charge in [0.25, 0.3) is 0 Å². The number of Topliss-reactive ketones (excluding diaryl/α,β-unsaturated/α-hetero) is 1. The highest BCUT2D eigenvalue weighted by Gasteiger charge is 2.27. The first-order valence-electron chi connectivity index (χ1n) is 8.28. The van der Waals surface area contributed by atoms with E-state index in [2.05, 4.69) is 0 Å². The predicted octanol–water partition coefficient (Wildman–Crippen LogP) is 2.50. The average molecular weight is 393 g/mol. The molecule has 0 atom stereocenters. The van der Waals surface area contributed by atoms with Gasteiger partial charge in [-0.2, -0.15) is 4.31 Å². The van der Waals surface area contributed by atoms with Gasteiger partial charge in [0.15, 0.2) is 12.4 Å². The van der Waals surface area contributed by atoms with E-state index < -0.39 is 16.0 Å². The predicted molar refractivity (Wildman–Crippen MR) is 97.7 cm³/mol. The number of esters is 1. The van der Waals surface area contributed by atoms with Gasteiger partial charge in [0.05, 0.1) is 11.3 Å². The van der Waals surface area contributed by atoms with Crippen LogP contribution in [0.4, 0.5) is 0 Å². The second-order valence-electron chi connectivity index (χ2n) is 5.98. The van der Waals surface area contributed by atoms with Crippen molar-refractivity contribution in [1.29, 1.82) is 0 Å². The van der Waals surface area contributed by atoms with Crippen molar-refractivity contribution in [2.45, 2.75) is 24.2 Å². The molecule has 3 rings (SSSR count). The molecule has 1 fully saturated rings. The molecule has 0 radical (unpaired) electrons. The highest BCUT2D eigenvalue weighted by atomic mass is 32.2. The number of hydrogen-bond acceptors (Lipinski definition) is 6. The number of rotatable bonds is 7. The molecular formula is C18H19NO5S2. The van der Waals surface area contributed by atoms with E-state index in [0.717, 1.165) is 17.7 Å². The fourth-order valence-corrected chi connectivity index (χ4v) is 4.93. The van der Waals surface area contributed by atoms with Gasteiger partial charge in [-0.3, -0.25) is 9.59 Å². The first-order valence-corrected chi connectivity index (χ1v) is 10.6. The molecule has 0 spiro atoms. The monoisotopic (exact) mass is 393 g/mol. The lowest BCUT2D eigenvalue weighted by Gasteiger charge is -2.15. The molecule has 6 nitrogen and oxygen atoms in total. The summed E-state index contributed by atoms with van der Waals surface area (Å²) in [4.78, 5) is 24.9. The second kappa shape index (κ2) is 8.11. The van der Waals surface area contributed by atoms with Crippen LogP contribution in [0.15, 0.2) is 46.7 Å². The maximum absolute atomic E-state index is 12.5. The fourth-order valence-electron chi connectivity index (χ4n) is 2.73. The number of ketones is 1. The van der Waals surface area contributed by atoms with Crippen LogP contribution >= 0.6 is 11.3 Å². The van der Waals surface area contributed by atoms with Crippen LogP contribution in [-0.4, -0.2) is 44.2 Å². The minimum Gasteiger partial charge on any atom is -0.457 e. The minimum absolute atomic E-state index is 0.137. The number of hydrogen-bond donors (Lipinski definition) is 0. The van der Waals surface area contributed by atoms with Gasteiger partial charge in [-0.25, -0.2) is 8.42 Å². The van der Waals surface area contributed by atoms with Crippen molar-refractivity contribution in [2.75, 3.05) is 19.7 Å². The van der Waals surface area contributed by atoms with Crippen LogP contribution < -0.4 is 0 Å². The van der Waals surface area contributed by atoms with Crippen molar-refractivity contribution in [1.82, 2.24) is 4.31 Å². The quantitative estimate of drug-likeness (QED) is 0.533. The lowest BCUT2D eigenvalue weighted by Crippen LogP contribution is -2.27. The molecule has 0 bridgehead atoms. The Labute approximate surface area is 156 Å². The molecule has 1 aromatic heterocycles. The zero-order chi connectivity index (χ0) is 18.6. The molecule has 1 aliphatic rings. The van der Waals surface area contributed by atoms with Gasteiger partial charge in [-0.1, -0.05) is 6.07 Å². The van der Waals surface area contributed by atoms with Crippen LogP contribution in [0, 0.1) is 0 Å². The van der Waals surface area contributed by atoms with Crippen LogP contribution in [-0.2, 0) is 26.0 Å². The van der Waals surface area contributed by atoms with Gasteiger partial charge >= 0.3 is 5.97 Å². The Morgan fingerprint density at radius 1 is 1.08 bits per heavy atom. The number of ether oxygens (including phenoxy) is 1. The van der Waals surface area contributed by atoms with Crippen LogP contribution in [0.2, 0.25) is 0 Å². The van der Waals surface area contributed by atoms with Crippen molar-refractivity contribution < 1.29 is 22.7 Å². The molecule has 8 heteroatoms. The number of thiophene rings is 1. The molecule has 1 aliphatic heterocycles. The SMILES string of the molecule is O=C(Cc1cccs1)OCC(=O)c1ccc(S(=O)(=O)N2CCCC2)cc1. The number of benzene rings is 1. The van der Waals surface area contributed by atoms with Crippen molar-refractivity contribution in [3.05, 3.63) is 52.2 Å². The van der Waals surface area contributed by atoms with E-state index in [-0.39, 0.29) is 23.7 Å². The van der Waals surface area contributed by atoms with Gasteiger partial charge in [0.1, 0.15) is 0 Å². The molecular weight excluding hydrogens is 374 g/mol. The standard InChI is InChI=1S/C18H19NO5S2/c20-17(13-24-18(21)12-15-4-3-11-25-15)14-5-7-16(8-6-14)26(22,23)19-9-1-2-10-19/h3-8,11H,1-2,9-10,12-13H2.